The zero-order chi connectivity index (χ0) is 49.1. The minimum absolute atomic E-state index is 0. The molecule has 11 rings (SSSR count). The number of aromatic nitrogens is 4. The third-order valence-electron chi connectivity index (χ3n) is 12.5. The first-order chi connectivity index (χ1) is 34.4. The van der Waals surface area contributed by atoms with E-state index in [0.717, 1.165) is 77.4 Å². The first-order valence-electron chi connectivity index (χ1n) is 24.0. The minimum atomic E-state index is 0. The number of unbranched alkanes of at least 4 members (excludes halogenated alkanes) is 1. The van der Waals surface area contributed by atoms with Crippen LogP contribution < -0.4 is 34.1 Å². The summed E-state index contributed by atoms with van der Waals surface area (Å²) in [5.41, 5.74) is 11.4. The summed E-state index contributed by atoms with van der Waals surface area (Å²) >= 11 is 0. The molecule has 0 saturated heterocycles. The van der Waals surface area contributed by atoms with Crippen LogP contribution in [-0.4, -0.2) is 40.1 Å². The Hall–Kier alpha value is -6.58. The number of para-hydroxylation sites is 2. The maximum Gasteiger partial charge on any atom is 0.122 e. The number of pyridine rings is 4. The molecule has 0 atom stereocenters. The zero-order valence-corrected chi connectivity index (χ0v) is 46.6. The van der Waals surface area contributed by atoms with Crippen molar-refractivity contribution in [1.29, 1.82) is 0 Å². The van der Waals surface area contributed by atoms with Crippen molar-refractivity contribution in [3.63, 3.8) is 0 Å². The van der Waals surface area contributed by atoms with E-state index in [9.17, 15) is 0 Å². The van der Waals surface area contributed by atoms with Gasteiger partial charge in [0, 0.05) is 76.4 Å². The normalized spacial score (nSPS) is 13.6. The van der Waals surface area contributed by atoms with Gasteiger partial charge in [0.15, 0.2) is 0 Å². The van der Waals surface area contributed by atoms with Crippen molar-refractivity contribution in [2.45, 2.75) is 65.2 Å². The van der Waals surface area contributed by atoms with E-state index in [1.165, 1.54) is 11.1 Å². The molecule has 1 radical (unpaired) electrons. The molecule has 0 N–H and O–H groups in total. The predicted molar refractivity (Wildman–Crippen MR) is 285 cm³/mol. The SMILES string of the molecule is CC(C)(C)c1c[c-]c(N2[CH-]N(CCCCN3[CH-]N(c4[c-]cc(C(C)(C)C)cc4)c4cccnc43)c3ncccc32)cc1.CN1[CH-]N(c2[c-]c(Oc3[c-]c(-c4[c-]cccn4)ncc3)ccc2)c2ccccc21.[Ir].[Pt]. The average molecular weight is 1320 g/mol. The molecule has 13 heteroatoms. The molecule has 379 valence electrons. The Kier molecular flexibility index (Phi) is 16.4. The summed E-state index contributed by atoms with van der Waals surface area (Å²) in [6.07, 6.45) is 9.16. The molecule has 4 aromatic heterocycles. The van der Waals surface area contributed by atoms with Gasteiger partial charge < -0.3 is 44.1 Å². The van der Waals surface area contributed by atoms with Gasteiger partial charge in [0.25, 0.3) is 0 Å². The number of rotatable bonds is 11. The summed E-state index contributed by atoms with van der Waals surface area (Å²) in [4.78, 5) is 31.1. The summed E-state index contributed by atoms with van der Waals surface area (Å²) in [5.74, 6) is 3.13. The Bertz CT molecular complexity index is 2970. The maximum absolute atomic E-state index is 6.01. The summed E-state index contributed by atoms with van der Waals surface area (Å²) in [6.45, 7) is 21.5. The van der Waals surface area contributed by atoms with Gasteiger partial charge in [-0.05, 0) is 81.8 Å². The first kappa shape index (κ1) is 52.7. The van der Waals surface area contributed by atoms with Crippen LogP contribution in [0.1, 0.15) is 65.5 Å². The summed E-state index contributed by atoms with van der Waals surface area (Å²) in [6, 6.07) is 57.2. The summed E-state index contributed by atoms with van der Waals surface area (Å²) in [7, 11) is 2.03. The molecular formula is C60H56IrN10OPt-8. The number of anilines is 9. The third-order valence-corrected chi connectivity index (χ3v) is 12.5. The van der Waals surface area contributed by atoms with Crippen LogP contribution in [0.4, 0.5) is 51.4 Å². The van der Waals surface area contributed by atoms with Crippen LogP contribution >= 0.6 is 0 Å². The smallest absolute Gasteiger partial charge is 0.122 e. The van der Waals surface area contributed by atoms with Gasteiger partial charge in [-0.2, -0.15) is 85.7 Å². The van der Waals surface area contributed by atoms with Gasteiger partial charge in [-0.15, -0.1) is 70.9 Å². The molecular weight excluding hydrogens is 1260 g/mol. The Morgan fingerprint density at radius 1 is 0.493 bits per heavy atom. The fourth-order valence-corrected chi connectivity index (χ4v) is 8.66. The zero-order valence-electron chi connectivity index (χ0n) is 41.9. The third kappa shape index (κ3) is 11.8. The van der Waals surface area contributed by atoms with Gasteiger partial charge in [-0.1, -0.05) is 64.5 Å². The van der Waals surface area contributed by atoms with E-state index in [-0.39, 0.29) is 52.0 Å². The van der Waals surface area contributed by atoms with Crippen molar-refractivity contribution in [1.82, 2.24) is 19.9 Å². The number of hydrogen-bond donors (Lipinski definition) is 0. The second-order valence-electron chi connectivity index (χ2n) is 19.7. The van der Waals surface area contributed by atoms with Crippen LogP contribution in [0.25, 0.3) is 11.4 Å². The Morgan fingerprint density at radius 2 is 1.03 bits per heavy atom. The molecule has 3 aliphatic rings. The Morgan fingerprint density at radius 3 is 1.58 bits per heavy atom. The summed E-state index contributed by atoms with van der Waals surface area (Å²) < 4.78 is 6.01. The van der Waals surface area contributed by atoms with Crippen LogP contribution in [0.3, 0.4) is 0 Å². The van der Waals surface area contributed by atoms with Gasteiger partial charge >= 0.3 is 0 Å². The van der Waals surface area contributed by atoms with Gasteiger partial charge in [0.2, 0.25) is 0 Å². The molecule has 0 amide bonds. The van der Waals surface area contributed by atoms with E-state index in [1.54, 1.807) is 24.5 Å². The molecule has 7 heterocycles. The number of fused-ring (bicyclic) bond motifs is 3. The molecule has 0 saturated carbocycles. The maximum atomic E-state index is 6.01. The number of ether oxygens (including phenoxy) is 1. The van der Waals surface area contributed by atoms with Crippen molar-refractivity contribution in [2.24, 2.45) is 0 Å². The minimum Gasteiger partial charge on any atom is -0.510 e. The topological polar surface area (TPSA) is 80.2 Å². The van der Waals surface area contributed by atoms with Crippen LogP contribution in [0, 0.1) is 50.3 Å². The fourth-order valence-electron chi connectivity index (χ4n) is 8.66. The van der Waals surface area contributed by atoms with E-state index >= 15 is 0 Å². The molecule has 8 aromatic rings. The monoisotopic (exact) mass is 1320 g/mol. The fraction of sp³-hybridized carbons (Fsp3) is 0.217. The molecule has 0 aliphatic carbocycles. The average Bonchev–Trinajstić information content (AvgIpc) is 4.07. The van der Waals surface area contributed by atoms with Crippen LogP contribution in [0.15, 0.2) is 146 Å². The molecule has 0 fully saturated rings. The van der Waals surface area contributed by atoms with E-state index in [2.05, 4.69) is 185 Å². The second-order valence-corrected chi connectivity index (χ2v) is 19.7. The number of nitrogens with zero attached hydrogens (tertiary/aromatic N) is 10. The van der Waals surface area contributed by atoms with Crippen LogP contribution in [0.2, 0.25) is 0 Å². The summed E-state index contributed by atoms with van der Waals surface area (Å²) in [5, 5.41) is 0. The molecule has 4 aromatic carbocycles. The molecule has 11 nitrogen and oxygen atoms in total. The van der Waals surface area contributed by atoms with Crippen molar-refractivity contribution in [3.8, 4) is 22.9 Å². The Labute approximate surface area is 459 Å². The number of benzene rings is 4. The Balaban J connectivity index is 0.000000201. The van der Waals surface area contributed by atoms with E-state index < -0.39 is 0 Å². The second kappa shape index (κ2) is 22.7. The van der Waals surface area contributed by atoms with Gasteiger partial charge in [0.1, 0.15) is 11.6 Å². The quantitative estimate of drug-likeness (QED) is 0.0917. The van der Waals surface area contributed by atoms with E-state index in [0.29, 0.717) is 22.9 Å². The molecule has 0 spiro atoms. The molecule has 0 bridgehead atoms. The van der Waals surface area contributed by atoms with Crippen molar-refractivity contribution < 1.29 is 45.9 Å². The van der Waals surface area contributed by atoms with Crippen LogP contribution in [-0.2, 0) is 52.0 Å². The molecule has 73 heavy (non-hydrogen) atoms. The van der Waals surface area contributed by atoms with E-state index in [1.807, 2.05) is 74.6 Å². The van der Waals surface area contributed by atoms with Crippen molar-refractivity contribution in [3.05, 3.63) is 208 Å². The number of hydrogen-bond acceptors (Lipinski definition) is 11. The van der Waals surface area contributed by atoms with Crippen LogP contribution in [0.5, 0.6) is 11.5 Å². The first-order valence-corrected chi connectivity index (χ1v) is 24.0. The largest absolute Gasteiger partial charge is 0.510 e. The molecule has 3 aliphatic heterocycles. The van der Waals surface area contributed by atoms with E-state index in [4.69, 9.17) is 14.7 Å². The van der Waals surface area contributed by atoms with Gasteiger partial charge in [0.05, 0.1) is 11.4 Å². The van der Waals surface area contributed by atoms with Gasteiger partial charge in [-0.25, -0.2) is 16.0 Å². The molecule has 0 unspecified atom stereocenters. The predicted octanol–water partition coefficient (Wildman–Crippen LogP) is 13.3. The van der Waals surface area contributed by atoms with Gasteiger partial charge in [-0.3, -0.25) is 0 Å². The standard InChI is InChI=1S/C36H40N6.C24H16N4O.Ir.Pt/c1-35(2,3)27-13-17-29(18-14-27)41-25-39(33-31(41)11-9-21-37-33)23-7-8-24-40-26-42(32-12-10-22-38-34(32)40)30-19-15-28(16-20-30)36(4,5)6;1-27-17-28(24-11-3-2-10-23(24)27)18-7-6-8-19(15-18)29-20-12-14-26-22(16-20)21-9-4-5-13-25-21;;/h9-17,19,21-22,25-26H,7-8,23-24H2,1-6H3;2-8,10-14,17H,1H3;;/q2*-4;;. The van der Waals surface area contributed by atoms with Crippen molar-refractivity contribution in [2.75, 3.05) is 49.5 Å². The van der Waals surface area contributed by atoms with Crippen molar-refractivity contribution >= 4 is 51.4 Å².